The first-order valence-corrected chi connectivity index (χ1v) is 6.48. The Morgan fingerprint density at radius 3 is 2.38 bits per heavy atom. The van der Waals surface area contributed by atoms with Crippen LogP contribution in [-0.2, 0) is 9.47 Å². The van der Waals surface area contributed by atoms with Gasteiger partial charge in [0.25, 0.3) is 0 Å². The van der Waals surface area contributed by atoms with Gasteiger partial charge in [-0.15, -0.1) is 6.58 Å². The molecule has 0 aliphatic carbocycles. The van der Waals surface area contributed by atoms with Crippen LogP contribution in [0.5, 0.6) is 0 Å². The zero-order valence-electron chi connectivity index (χ0n) is 11.4. The van der Waals surface area contributed by atoms with Crippen LogP contribution in [0, 0.1) is 5.92 Å². The van der Waals surface area contributed by atoms with Crippen molar-refractivity contribution in [3.05, 3.63) is 12.7 Å². The molecule has 0 fully saturated rings. The third kappa shape index (κ3) is 7.89. The Balaban J connectivity index is 3.98. The van der Waals surface area contributed by atoms with Crippen LogP contribution in [-0.4, -0.2) is 25.4 Å². The molecular formula is C14H28O2. The van der Waals surface area contributed by atoms with Gasteiger partial charge in [0.05, 0.1) is 25.4 Å². The first-order chi connectivity index (χ1) is 7.63. The number of ether oxygens (including phenoxy) is 2. The Bertz CT molecular complexity index is 156. The number of rotatable bonds is 10. The summed E-state index contributed by atoms with van der Waals surface area (Å²) in [6, 6.07) is 0. The van der Waals surface area contributed by atoms with Crippen molar-refractivity contribution in [2.45, 2.75) is 59.2 Å². The number of hydrogen-bond donors (Lipinski definition) is 0. The molecule has 0 amide bonds. The second kappa shape index (κ2) is 9.86. The van der Waals surface area contributed by atoms with E-state index in [0.29, 0.717) is 25.2 Å². The maximum Gasteiger partial charge on any atom is 0.0814 e. The second-order valence-corrected chi connectivity index (χ2v) is 4.55. The average molecular weight is 228 g/mol. The highest BCUT2D eigenvalue weighted by molar-refractivity contribution is 4.67. The zero-order valence-corrected chi connectivity index (χ0v) is 11.4. The molecular weight excluding hydrogens is 200 g/mol. The molecule has 0 aliphatic heterocycles. The standard InChI is InChI=1S/C14H28O2/c1-6-9-15-11-14(10-12(4)7-2)16-13(5)8-3/h6,12-14H,1,7-11H2,2-5H3. The van der Waals surface area contributed by atoms with Crippen LogP contribution in [0.15, 0.2) is 12.7 Å². The van der Waals surface area contributed by atoms with Crippen LogP contribution in [0.3, 0.4) is 0 Å². The van der Waals surface area contributed by atoms with E-state index in [1.807, 2.05) is 0 Å². The topological polar surface area (TPSA) is 18.5 Å². The SMILES string of the molecule is C=CCOCC(CC(C)CC)OC(C)CC. The average Bonchev–Trinajstić information content (AvgIpc) is 2.28. The molecule has 0 heterocycles. The van der Waals surface area contributed by atoms with Gasteiger partial charge in [-0.1, -0.05) is 33.3 Å². The Hall–Kier alpha value is -0.340. The molecule has 0 saturated carbocycles. The Kier molecular flexibility index (Phi) is 9.65. The van der Waals surface area contributed by atoms with Gasteiger partial charge in [-0.25, -0.2) is 0 Å². The fraction of sp³-hybridized carbons (Fsp3) is 0.857. The molecule has 16 heavy (non-hydrogen) atoms. The molecule has 0 bridgehead atoms. The minimum Gasteiger partial charge on any atom is -0.375 e. The van der Waals surface area contributed by atoms with E-state index in [1.54, 1.807) is 6.08 Å². The molecule has 3 unspecified atom stereocenters. The summed E-state index contributed by atoms with van der Waals surface area (Å²) in [7, 11) is 0. The Morgan fingerprint density at radius 2 is 1.88 bits per heavy atom. The lowest BCUT2D eigenvalue weighted by Crippen LogP contribution is -2.26. The van der Waals surface area contributed by atoms with E-state index in [-0.39, 0.29) is 6.10 Å². The summed E-state index contributed by atoms with van der Waals surface area (Å²) in [4.78, 5) is 0. The van der Waals surface area contributed by atoms with Crippen molar-refractivity contribution >= 4 is 0 Å². The summed E-state index contributed by atoms with van der Waals surface area (Å²) >= 11 is 0. The minimum atomic E-state index is 0.227. The van der Waals surface area contributed by atoms with Gasteiger partial charge in [0.15, 0.2) is 0 Å². The van der Waals surface area contributed by atoms with Gasteiger partial charge in [0.2, 0.25) is 0 Å². The monoisotopic (exact) mass is 228 g/mol. The van der Waals surface area contributed by atoms with Gasteiger partial charge in [-0.2, -0.15) is 0 Å². The molecule has 0 spiro atoms. The Labute approximate surface area is 101 Å². The molecule has 0 radical (unpaired) electrons. The summed E-state index contributed by atoms with van der Waals surface area (Å²) in [6.07, 6.45) is 5.66. The third-order valence-electron chi connectivity index (χ3n) is 2.90. The smallest absolute Gasteiger partial charge is 0.0814 e. The van der Waals surface area contributed by atoms with E-state index in [0.717, 1.165) is 12.8 Å². The zero-order chi connectivity index (χ0) is 12.4. The molecule has 0 aromatic heterocycles. The van der Waals surface area contributed by atoms with Gasteiger partial charge in [-0.3, -0.25) is 0 Å². The highest BCUT2D eigenvalue weighted by Crippen LogP contribution is 2.15. The summed E-state index contributed by atoms with van der Waals surface area (Å²) in [5, 5.41) is 0. The van der Waals surface area contributed by atoms with Crippen LogP contribution in [0.4, 0.5) is 0 Å². The van der Waals surface area contributed by atoms with Crippen molar-refractivity contribution in [2.24, 2.45) is 5.92 Å². The van der Waals surface area contributed by atoms with Crippen molar-refractivity contribution in [3.63, 3.8) is 0 Å². The molecule has 0 aromatic carbocycles. The molecule has 0 saturated heterocycles. The molecule has 0 aromatic rings. The molecule has 2 heteroatoms. The van der Waals surface area contributed by atoms with Crippen LogP contribution >= 0.6 is 0 Å². The molecule has 0 rings (SSSR count). The predicted molar refractivity (Wildman–Crippen MR) is 69.7 cm³/mol. The molecule has 0 aliphatic rings. The third-order valence-corrected chi connectivity index (χ3v) is 2.90. The lowest BCUT2D eigenvalue weighted by atomic mass is 10.0. The first kappa shape index (κ1) is 15.7. The fourth-order valence-corrected chi connectivity index (χ4v) is 1.49. The summed E-state index contributed by atoms with van der Waals surface area (Å²) in [6.45, 7) is 13.7. The van der Waals surface area contributed by atoms with Crippen molar-refractivity contribution in [1.82, 2.24) is 0 Å². The van der Waals surface area contributed by atoms with Crippen LogP contribution < -0.4 is 0 Å². The van der Waals surface area contributed by atoms with Gasteiger partial charge in [0, 0.05) is 0 Å². The van der Waals surface area contributed by atoms with Crippen molar-refractivity contribution in [3.8, 4) is 0 Å². The molecule has 3 atom stereocenters. The lowest BCUT2D eigenvalue weighted by Gasteiger charge is -2.24. The highest BCUT2D eigenvalue weighted by Gasteiger charge is 2.15. The van der Waals surface area contributed by atoms with Gasteiger partial charge in [-0.05, 0) is 25.7 Å². The van der Waals surface area contributed by atoms with Crippen LogP contribution in [0.25, 0.3) is 0 Å². The molecule has 96 valence electrons. The van der Waals surface area contributed by atoms with E-state index >= 15 is 0 Å². The fourth-order valence-electron chi connectivity index (χ4n) is 1.49. The minimum absolute atomic E-state index is 0.227. The van der Waals surface area contributed by atoms with E-state index in [2.05, 4.69) is 34.3 Å². The predicted octanol–water partition coefficient (Wildman–Crippen LogP) is 3.81. The quantitative estimate of drug-likeness (QED) is 0.418. The lowest BCUT2D eigenvalue weighted by molar-refractivity contribution is -0.0568. The summed E-state index contributed by atoms with van der Waals surface area (Å²) < 4.78 is 11.5. The van der Waals surface area contributed by atoms with Gasteiger partial charge < -0.3 is 9.47 Å². The summed E-state index contributed by atoms with van der Waals surface area (Å²) in [5.41, 5.74) is 0. The molecule has 0 N–H and O–H groups in total. The maximum absolute atomic E-state index is 5.96. The Morgan fingerprint density at radius 1 is 1.19 bits per heavy atom. The molecule has 2 nitrogen and oxygen atoms in total. The van der Waals surface area contributed by atoms with Crippen LogP contribution in [0.1, 0.15) is 47.0 Å². The summed E-state index contributed by atoms with van der Waals surface area (Å²) in [5.74, 6) is 0.696. The van der Waals surface area contributed by atoms with Crippen molar-refractivity contribution < 1.29 is 9.47 Å². The van der Waals surface area contributed by atoms with Crippen molar-refractivity contribution in [1.29, 1.82) is 0 Å². The van der Waals surface area contributed by atoms with Gasteiger partial charge in [0.1, 0.15) is 0 Å². The van der Waals surface area contributed by atoms with Gasteiger partial charge >= 0.3 is 0 Å². The van der Waals surface area contributed by atoms with E-state index in [4.69, 9.17) is 9.47 Å². The van der Waals surface area contributed by atoms with Crippen LogP contribution in [0.2, 0.25) is 0 Å². The van der Waals surface area contributed by atoms with Crippen molar-refractivity contribution in [2.75, 3.05) is 13.2 Å². The number of hydrogen-bond acceptors (Lipinski definition) is 2. The largest absolute Gasteiger partial charge is 0.375 e. The first-order valence-electron chi connectivity index (χ1n) is 6.48. The van der Waals surface area contributed by atoms with E-state index in [1.165, 1.54) is 6.42 Å². The van der Waals surface area contributed by atoms with E-state index in [9.17, 15) is 0 Å². The normalized spacial score (nSPS) is 16.8. The highest BCUT2D eigenvalue weighted by atomic mass is 16.5. The maximum atomic E-state index is 5.96. The second-order valence-electron chi connectivity index (χ2n) is 4.55. The van der Waals surface area contributed by atoms with E-state index < -0.39 is 0 Å².